The number of nitrogens with zero attached hydrogens (tertiary/aromatic N) is 1. The van der Waals surface area contributed by atoms with Crippen LogP contribution in [0, 0.1) is 0 Å². The van der Waals surface area contributed by atoms with Crippen molar-refractivity contribution in [1.29, 1.82) is 0 Å². The maximum absolute atomic E-state index is 11.2. The van der Waals surface area contributed by atoms with E-state index in [1.54, 1.807) is 6.07 Å². The molecule has 1 heterocycles. The van der Waals surface area contributed by atoms with Gasteiger partial charge in [0.15, 0.2) is 0 Å². The summed E-state index contributed by atoms with van der Waals surface area (Å²) in [5.41, 5.74) is 1.40. The second-order valence-electron chi connectivity index (χ2n) is 4.11. The number of aromatic carboxylic acids is 1. The Morgan fingerprint density at radius 2 is 2.19 bits per heavy atom. The Hall–Kier alpha value is -1.29. The van der Waals surface area contributed by atoms with Crippen LogP contribution in [-0.2, 0) is 0 Å². The predicted octanol–water partition coefficient (Wildman–Crippen LogP) is 3.44. The molecule has 1 aliphatic rings. The third-order valence-corrected chi connectivity index (χ3v) is 3.65. The number of carboxylic acids is 1. The van der Waals surface area contributed by atoms with Crippen LogP contribution in [0.15, 0.2) is 28.7 Å². The summed E-state index contributed by atoms with van der Waals surface area (Å²) in [6, 6.07) is 7.98. The lowest BCUT2D eigenvalue weighted by Crippen LogP contribution is -2.06. The van der Waals surface area contributed by atoms with Crippen molar-refractivity contribution >= 4 is 32.8 Å². The first kappa shape index (κ1) is 9.90. The molecule has 0 atom stereocenters. The van der Waals surface area contributed by atoms with E-state index in [-0.39, 0.29) is 0 Å². The zero-order chi connectivity index (χ0) is 11.3. The molecule has 0 bridgehead atoms. The number of carboxylic acid groups (broad SMARTS) is 1. The average molecular weight is 280 g/mol. The summed E-state index contributed by atoms with van der Waals surface area (Å²) < 4.78 is 2.90. The molecule has 1 fully saturated rings. The fraction of sp³-hybridized carbons (Fsp3) is 0.250. The van der Waals surface area contributed by atoms with Gasteiger partial charge < -0.3 is 9.67 Å². The van der Waals surface area contributed by atoms with Crippen molar-refractivity contribution in [1.82, 2.24) is 4.57 Å². The standard InChI is InChI=1S/C12H10BrNO2/c13-9-2-1-3-10-8(9)6-11(12(15)16)14(10)7-4-5-7/h1-3,6-7H,4-5H2,(H,15,16). The van der Waals surface area contributed by atoms with Crippen LogP contribution in [-0.4, -0.2) is 15.6 Å². The molecular formula is C12H10BrNO2. The van der Waals surface area contributed by atoms with Gasteiger partial charge in [-0.05, 0) is 31.0 Å². The number of hydrogen-bond donors (Lipinski definition) is 1. The van der Waals surface area contributed by atoms with Gasteiger partial charge in [-0.25, -0.2) is 4.79 Å². The maximum Gasteiger partial charge on any atom is 0.352 e. The molecule has 1 aliphatic carbocycles. The second kappa shape index (κ2) is 3.35. The largest absolute Gasteiger partial charge is 0.477 e. The molecule has 2 aromatic rings. The molecule has 0 amide bonds. The van der Waals surface area contributed by atoms with Crippen molar-refractivity contribution in [3.05, 3.63) is 34.4 Å². The number of aromatic nitrogens is 1. The molecular weight excluding hydrogens is 270 g/mol. The van der Waals surface area contributed by atoms with Gasteiger partial charge in [0.2, 0.25) is 0 Å². The average Bonchev–Trinajstić information content (AvgIpc) is 2.99. The molecule has 0 spiro atoms. The van der Waals surface area contributed by atoms with Crippen molar-refractivity contribution in [2.45, 2.75) is 18.9 Å². The number of halogens is 1. The number of hydrogen-bond acceptors (Lipinski definition) is 1. The number of rotatable bonds is 2. The highest BCUT2D eigenvalue weighted by molar-refractivity contribution is 9.10. The third kappa shape index (κ3) is 1.37. The van der Waals surface area contributed by atoms with Gasteiger partial charge in [0.25, 0.3) is 0 Å². The minimum absolute atomic E-state index is 0.373. The van der Waals surface area contributed by atoms with E-state index in [0.29, 0.717) is 11.7 Å². The van der Waals surface area contributed by atoms with Crippen molar-refractivity contribution in [2.24, 2.45) is 0 Å². The molecule has 1 aromatic carbocycles. The van der Waals surface area contributed by atoms with E-state index in [4.69, 9.17) is 0 Å². The molecule has 16 heavy (non-hydrogen) atoms. The Labute approximate surface area is 101 Å². The van der Waals surface area contributed by atoms with Crippen molar-refractivity contribution in [2.75, 3.05) is 0 Å². The molecule has 0 unspecified atom stereocenters. The summed E-state index contributed by atoms with van der Waals surface area (Å²) in [4.78, 5) is 11.2. The Morgan fingerprint density at radius 1 is 1.44 bits per heavy atom. The van der Waals surface area contributed by atoms with Gasteiger partial charge in [0.1, 0.15) is 5.69 Å². The van der Waals surface area contributed by atoms with Gasteiger partial charge in [-0.2, -0.15) is 0 Å². The number of benzene rings is 1. The summed E-state index contributed by atoms with van der Waals surface area (Å²) in [6.07, 6.45) is 2.16. The van der Waals surface area contributed by atoms with Gasteiger partial charge in [0.05, 0.1) is 5.52 Å². The normalized spacial score (nSPS) is 15.6. The monoisotopic (exact) mass is 279 g/mol. The van der Waals surface area contributed by atoms with E-state index in [9.17, 15) is 9.90 Å². The van der Waals surface area contributed by atoms with E-state index >= 15 is 0 Å². The summed E-state index contributed by atoms with van der Waals surface area (Å²) in [5.74, 6) is -0.852. The fourth-order valence-corrected chi connectivity index (χ4v) is 2.58. The fourth-order valence-electron chi connectivity index (χ4n) is 2.11. The smallest absolute Gasteiger partial charge is 0.352 e. The molecule has 0 aliphatic heterocycles. The molecule has 1 aromatic heterocycles. The third-order valence-electron chi connectivity index (χ3n) is 2.96. The Bertz CT molecular complexity index is 584. The van der Waals surface area contributed by atoms with Crippen molar-refractivity contribution < 1.29 is 9.90 Å². The van der Waals surface area contributed by atoms with Crippen molar-refractivity contribution in [3.63, 3.8) is 0 Å². The van der Waals surface area contributed by atoms with Gasteiger partial charge in [0, 0.05) is 15.9 Å². The molecule has 1 saturated carbocycles. The molecule has 0 saturated heterocycles. The van der Waals surface area contributed by atoms with E-state index in [1.807, 2.05) is 22.8 Å². The maximum atomic E-state index is 11.2. The summed E-state index contributed by atoms with van der Waals surface area (Å²) in [7, 11) is 0. The first-order valence-electron chi connectivity index (χ1n) is 5.21. The molecule has 0 radical (unpaired) electrons. The van der Waals surface area contributed by atoms with E-state index in [0.717, 1.165) is 28.2 Å². The number of carbonyl (C=O) groups is 1. The summed E-state index contributed by atoms with van der Waals surface area (Å²) in [6.45, 7) is 0. The van der Waals surface area contributed by atoms with Crippen LogP contribution in [0.25, 0.3) is 10.9 Å². The van der Waals surface area contributed by atoms with Crippen LogP contribution in [0.3, 0.4) is 0 Å². The highest BCUT2D eigenvalue weighted by atomic mass is 79.9. The molecule has 4 heteroatoms. The van der Waals surface area contributed by atoms with Crippen LogP contribution >= 0.6 is 15.9 Å². The second-order valence-corrected chi connectivity index (χ2v) is 4.96. The SMILES string of the molecule is O=C(O)c1cc2c(Br)cccc2n1C1CC1. The van der Waals surface area contributed by atoms with Gasteiger partial charge in [-0.15, -0.1) is 0 Å². The molecule has 3 rings (SSSR count). The van der Waals surface area contributed by atoms with Crippen LogP contribution in [0.1, 0.15) is 29.4 Å². The highest BCUT2D eigenvalue weighted by Crippen LogP contribution is 2.40. The zero-order valence-corrected chi connectivity index (χ0v) is 10.1. The van der Waals surface area contributed by atoms with Gasteiger partial charge in [-0.3, -0.25) is 0 Å². The first-order chi connectivity index (χ1) is 7.68. The Balaban J connectivity index is 2.37. The lowest BCUT2D eigenvalue weighted by molar-refractivity contribution is 0.0685. The summed E-state index contributed by atoms with van der Waals surface area (Å²) >= 11 is 3.46. The molecule has 82 valence electrons. The van der Waals surface area contributed by atoms with Crippen LogP contribution in [0.2, 0.25) is 0 Å². The molecule has 1 N–H and O–H groups in total. The minimum Gasteiger partial charge on any atom is -0.477 e. The summed E-state index contributed by atoms with van der Waals surface area (Å²) in [5, 5.41) is 10.2. The quantitative estimate of drug-likeness (QED) is 0.915. The van der Waals surface area contributed by atoms with Gasteiger partial charge >= 0.3 is 5.97 Å². The van der Waals surface area contributed by atoms with Crippen LogP contribution in [0.4, 0.5) is 0 Å². The topological polar surface area (TPSA) is 42.2 Å². The lowest BCUT2D eigenvalue weighted by Gasteiger charge is -2.05. The van der Waals surface area contributed by atoms with E-state index < -0.39 is 5.97 Å². The zero-order valence-electron chi connectivity index (χ0n) is 8.48. The lowest BCUT2D eigenvalue weighted by atomic mass is 10.2. The minimum atomic E-state index is -0.852. The van der Waals surface area contributed by atoms with Crippen LogP contribution < -0.4 is 0 Å². The van der Waals surface area contributed by atoms with E-state index in [1.165, 1.54) is 0 Å². The highest BCUT2D eigenvalue weighted by Gasteiger charge is 2.29. The van der Waals surface area contributed by atoms with E-state index in [2.05, 4.69) is 15.9 Å². The first-order valence-corrected chi connectivity index (χ1v) is 6.00. The Morgan fingerprint density at radius 3 is 2.81 bits per heavy atom. The predicted molar refractivity (Wildman–Crippen MR) is 64.9 cm³/mol. The van der Waals surface area contributed by atoms with Gasteiger partial charge in [-0.1, -0.05) is 22.0 Å². The number of fused-ring (bicyclic) bond motifs is 1. The van der Waals surface area contributed by atoms with Crippen LogP contribution in [0.5, 0.6) is 0 Å². The Kier molecular flexibility index (Phi) is 2.07. The molecule has 3 nitrogen and oxygen atoms in total. The van der Waals surface area contributed by atoms with Crippen molar-refractivity contribution in [3.8, 4) is 0 Å².